The Kier molecular flexibility index (Phi) is 7.83. The van der Waals surface area contributed by atoms with E-state index in [1.807, 2.05) is 40.2 Å². The van der Waals surface area contributed by atoms with E-state index in [4.69, 9.17) is 14.6 Å². The second-order valence-corrected chi connectivity index (χ2v) is 9.98. The number of amides is 1. The Balaban J connectivity index is 0.000000405. The van der Waals surface area contributed by atoms with Crippen molar-refractivity contribution < 1.29 is 32.6 Å². The number of nitrogens with zero attached hydrogens (tertiary/aromatic N) is 4. The predicted molar refractivity (Wildman–Crippen MR) is 130 cm³/mol. The van der Waals surface area contributed by atoms with E-state index in [-0.39, 0.29) is 5.91 Å². The Morgan fingerprint density at radius 1 is 1.14 bits per heavy atom. The summed E-state index contributed by atoms with van der Waals surface area (Å²) in [6, 6.07) is 9.48. The summed E-state index contributed by atoms with van der Waals surface area (Å²) in [6.07, 6.45) is -4.20. The van der Waals surface area contributed by atoms with Gasteiger partial charge >= 0.3 is 12.1 Å². The van der Waals surface area contributed by atoms with E-state index in [0.717, 1.165) is 44.2 Å². The molecule has 0 aliphatic carbocycles. The molecule has 1 amide bonds. The molecule has 2 aliphatic rings. The number of fused-ring (bicyclic) bond motifs is 2. The lowest BCUT2D eigenvalue weighted by Gasteiger charge is -2.25. The minimum atomic E-state index is -5.08. The second-order valence-electron chi connectivity index (χ2n) is 8.98. The number of ether oxygens (including phenoxy) is 1. The van der Waals surface area contributed by atoms with Crippen molar-refractivity contribution in [3.05, 3.63) is 57.8 Å². The number of rotatable bonds is 5. The third-order valence-electron chi connectivity index (χ3n) is 6.47. The van der Waals surface area contributed by atoms with Crippen LogP contribution in [0.2, 0.25) is 0 Å². The molecule has 5 rings (SSSR count). The predicted octanol–water partition coefficient (Wildman–Crippen LogP) is 3.85. The van der Waals surface area contributed by atoms with Gasteiger partial charge in [-0.25, -0.2) is 4.79 Å². The monoisotopic (exact) mass is 537 g/mol. The van der Waals surface area contributed by atoms with Crippen LogP contribution in [0.5, 0.6) is 5.75 Å². The molecule has 2 unspecified atom stereocenters. The molecular formula is C24H26F3N5O4S. The molecule has 2 aliphatic heterocycles. The van der Waals surface area contributed by atoms with Crippen LogP contribution in [-0.2, 0) is 24.3 Å². The van der Waals surface area contributed by atoms with Crippen molar-refractivity contribution in [2.24, 2.45) is 11.8 Å². The smallest absolute Gasteiger partial charge is 0.490 e. The van der Waals surface area contributed by atoms with E-state index in [1.54, 1.807) is 7.11 Å². The van der Waals surface area contributed by atoms with Gasteiger partial charge in [0, 0.05) is 43.2 Å². The molecule has 0 radical (unpaired) electrons. The summed E-state index contributed by atoms with van der Waals surface area (Å²) in [5.41, 5.74) is 2.09. The van der Waals surface area contributed by atoms with E-state index >= 15 is 0 Å². The fraction of sp³-hybridized carbons (Fsp3) is 0.417. The minimum Gasteiger partial charge on any atom is -0.497 e. The van der Waals surface area contributed by atoms with Crippen LogP contribution in [0.4, 0.5) is 18.9 Å². The average Bonchev–Trinajstić information content (AvgIpc) is 3.56. The quantitative estimate of drug-likeness (QED) is 0.509. The SMILES string of the molecule is COc1ccc(NC(=O)c2nnc3n2CC2CN(Cc4sccc4C)CC2C3)cc1.O=C(O)C(F)(F)F. The summed E-state index contributed by atoms with van der Waals surface area (Å²) in [5.74, 6) is 0.203. The maximum absolute atomic E-state index is 12.8. The topological polar surface area (TPSA) is 110 Å². The molecule has 3 aromatic rings. The molecule has 0 bridgehead atoms. The van der Waals surface area contributed by atoms with Crippen molar-refractivity contribution in [2.75, 3.05) is 25.5 Å². The highest BCUT2D eigenvalue weighted by Crippen LogP contribution is 2.34. The number of thiophene rings is 1. The van der Waals surface area contributed by atoms with Crippen LogP contribution in [0.25, 0.3) is 0 Å². The Hall–Kier alpha value is -3.45. The lowest BCUT2D eigenvalue weighted by atomic mass is 9.89. The van der Waals surface area contributed by atoms with Gasteiger partial charge in [0.25, 0.3) is 5.91 Å². The molecular weight excluding hydrogens is 511 g/mol. The van der Waals surface area contributed by atoms with Gasteiger partial charge in [0.05, 0.1) is 7.11 Å². The summed E-state index contributed by atoms with van der Waals surface area (Å²) >= 11 is 1.84. The first-order valence-electron chi connectivity index (χ1n) is 11.5. The molecule has 37 heavy (non-hydrogen) atoms. The average molecular weight is 538 g/mol. The number of aromatic nitrogens is 3. The van der Waals surface area contributed by atoms with E-state index in [9.17, 15) is 18.0 Å². The Morgan fingerprint density at radius 2 is 1.81 bits per heavy atom. The zero-order valence-electron chi connectivity index (χ0n) is 20.2. The first-order chi connectivity index (χ1) is 17.5. The molecule has 1 aromatic carbocycles. The van der Waals surface area contributed by atoms with E-state index < -0.39 is 12.1 Å². The number of nitrogens with one attached hydrogen (secondary N) is 1. The number of carbonyl (C=O) groups is 2. The van der Waals surface area contributed by atoms with Crippen LogP contribution in [0, 0.1) is 18.8 Å². The number of anilines is 1. The van der Waals surface area contributed by atoms with Gasteiger partial charge in [0.15, 0.2) is 0 Å². The zero-order valence-corrected chi connectivity index (χ0v) is 21.0. The normalized spacial score (nSPS) is 18.8. The minimum absolute atomic E-state index is 0.221. The van der Waals surface area contributed by atoms with Crippen LogP contribution >= 0.6 is 11.3 Å². The maximum atomic E-state index is 12.8. The van der Waals surface area contributed by atoms with Crippen LogP contribution < -0.4 is 10.1 Å². The molecule has 1 saturated heterocycles. The van der Waals surface area contributed by atoms with Crippen molar-refractivity contribution in [1.29, 1.82) is 0 Å². The van der Waals surface area contributed by atoms with Crippen LogP contribution in [-0.4, -0.2) is 63.0 Å². The summed E-state index contributed by atoms with van der Waals surface area (Å²) in [4.78, 5) is 25.7. The summed E-state index contributed by atoms with van der Waals surface area (Å²) in [5, 5.41) is 20.8. The highest BCUT2D eigenvalue weighted by Gasteiger charge is 2.39. The number of carbonyl (C=O) groups excluding carboxylic acids is 1. The maximum Gasteiger partial charge on any atom is 0.490 e. The number of carboxylic acids is 1. The molecule has 198 valence electrons. The number of methoxy groups -OCH3 is 1. The zero-order chi connectivity index (χ0) is 26.7. The Labute approximate surface area is 214 Å². The van der Waals surface area contributed by atoms with Crippen LogP contribution in [0.3, 0.4) is 0 Å². The number of aliphatic carboxylic acids is 1. The van der Waals surface area contributed by atoms with Gasteiger partial charge < -0.3 is 19.7 Å². The number of alkyl halides is 3. The van der Waals surface area contributed by atoms with Crippen LogP contribution in [0.15, 0.2) is 35.7 Å². The molecule has 1 fully saturated rings. The van der Waals surface area contributed by atoms with Gasteiger partial charge in [0.1, 0.15) is 11.6 Å². The number of carboxylic acid groups (broad SMARTS) is 1. The number of likely N-dealkylation sites (tertiary alicyclic amines) is 1. The molecule has 13 heteroatoms. The molecule has 2 atom stereocenters. The molecule has 2 aromatic heterocycles. The van der Waals surface area contributed by atoms with Crippen molar-refractivity contribution >= 4 is 28.9 Å². The van der Waals surface area contributed by atoms with E-state index in [0.29, 0.717) is 23.3 Å². The Bertz CT molecular complexity index is 1260. The van der Waals surface area contributed by atoms with E-state index in [2.05, 4.69) is 38.8 Å². The third-order valence-corrected chi connectivity index (χ3v) is 7.48. The van der Waals surface area contributed by atoms with Crippen molar-refractivity contribution in [3.63, 3.8) is 0 Å². The number of aryl methyl sites for hydroxylation is 1. The van der Waals surface area contributed by atoms with Crippen LogP contribution in [0.1, 0.15) is 26.9 Å². The van der Waals surface area contributed by atoms with Gasteiger partial charge in [-0.3, -0.25) is 9.69 Å². The van der Waals surface area contributed by atoms with Gasteiger partial charge in [-0.2, -0.15) is 13.2 Å². The van der Waals surface area contributed by atoms with Crippen molar-refractivity contribution in [1.82, 2.24) is 19.7 Å². The lowest BCUT2D eigenvalue weighted by molar-refractivity contribution is -0.192. The first kappa shape index (κ1) is 26.6. The number of hydrogen-bond donors (Lipinski definition) is 2. The van der Waals surface area contributed by atoms with Gasteiger partial charge in [-0.05, 0) is 60.0 Å². The fourth-order valence-electron chi connectivity index (χ4n) is 4.55. The second kappa shape index (κ2) is 10.9. The van der Waals surface area contributed by atoms with Crippen molar-refractivity contribution in [2.45, 2.75) is 32.6 Å². The highest BCUT2D eigenvalue weighted by atomic mass is 32.1. The molecule has 9 nitrogen and oxygen atoms in total. The molecule has 2 N–H and O–H groups in total. The summed E-state index contributed by atoms with van der Waals surface area (Å²) < 4.78 is 38.9. The van der Waals surface area contributed by atoms with E-state index in [1.165, 1.54) is 10.4 Å². The first-order valence-corrected chi connectivity index (χ1v) is 12.4. The fourth-order valence-corrected chi connectivity index (χ4v) is 5.50. The molecule has 0 saturated carbocycles. The lowest BCUT2D eigenvalue weighted by Crippen LogP contribution is -2.31. The Morgan fingerprint density at radius 3 is 2.41 bits per heavy atom. The summed E-state index contributed by atoms with van der Waals surface area (Å²) in [6.45, 7) is 6.14. The largest absolute Gasteiger partial charge is 0.497 e. The number of hydrogen-bond acceptors (Lipinski definition) is 7. The number of halogens is 3. The van der Waals surface area contributed by atoms with Gasteiger partial charge in [-0.1, -0.05) is 0 Å². The third kappa shape index (κ3) is 6.28. The molecule has 4 heterocycles. The number of benzene rings is 1. The highest BCUT2D eigenvalue weighted by molar-refractivity contribution is 7.10. The van der Waals surface area contributed by atoms with Gasteiger partial charge in [0.2, 0.25) is 5.82 Å². The van der Waals surface area contributed by atoms with Crippen molar-refractivity contribution in [3.8, 4) is 5.75 Å². The van der Waals surface area contributed by atoms with Gasteiger partial charge in [-0.15, -0.1) is 21.5 Å². The standard InChI is InChI=1S/C22H25N5O2S.C2HF3O2/c1-14-7-8-30-19(14)13-26-10-15-9-20-24-25-21(27(20)12-16(15)11-26)22(28)23-17-3-5-18(29-2)6-4-17;3-2(4,5)1(6)7/h3-8,15-16H,9-13H2,1-2H3,(H,23,28);(H,6,7). The molecule has 0 spiro atoms. The summed E-state index contributed by atoms with van der Waals surface area (Å²) in [7, 11) is 1.62.